The molecule has 0 amide bonds. The van der Waals surface area contributed by atoms with Gasteiger partial charge >= 0.3 is 0 Å². The van der Waals surface area contributed by atoms with E-state index in [1.54, 1.807) is 7.11 Å². The summed E-state index contributed by atoms with van der Waals surface area (Å²) in [6.07, 6.45) is 2.26. The third-order valence-electron chi connectivity index (χ3n) is 3.28. The normalized spacial score (nSPS) is 12.2. The minimum Gasteiger partial charge on any atom is -0.496 e. The Labute approximate surface area is 134 Å². The number of ether oxygens (including phenoxy) is 1. The number of rotatable bonds is 5. The lowest BCUT2D eigenvalue weighted by molar-refractivity contribution is 0.410. The van der Waals surface area contributed by atoms with E-state index in [0.29, 0.717) is 0 Å². The summed E-state index contributed by atoms with van der Waals surface area (Å²) < 4.78 is 6.40. The fraction of sp³-hybridized carbons (Fsp3) is 0.294. The van der Waals surface area contributed by atoms with Gasteiger partial charge in [-0.05, 0) is 29.7 Å². The predicted molar refractivity (Wildman–Crippen MR) is 88.8 cm³/mol. The molecule has 0 aliphatic heterocycles. The van der Waals surface area contributed by atoms with Crippen molar-refractivity contribution in [1.29, 1.82) is 0 Å². The van der Waals surface area contributed by atoms with Crippen LogP contribution in [0.25, 0.3) is 0 Å². The largest absolute Gasteiger partial charge is 0.496 e. The molecule has 0 N–H and O–H groups in total. The molecule has 0 aliphatic rings. The Hall–Kier alpha value is -0.990. The molecule has 1 atom stereocenters. The third-order valence-corrected chi connectivity index (χ3v) is 4.26. The quantitative estimate of drug-likeness (QED) is 0.623. The molecule has 1 unspecified atom stereocenters. The van der Waals surface area contributed by atoms with E-state index in [1.807, 2.05) is 18.2 Å². The van der Waals surface area contributed by atoms with Crippen LogP contribution in [-0.2, 0) is 6.42 Å². The molecule has 0 saturated heterocycles. The van der Waals surface area contributed by atoms with Gasteiger partial charge in [-0.15, -0.1) is 11.6 Å². The van der Waals surface area contributed by atoms with Crippen LogP contribution in [0.1, 0.15) is 35.4 Å². The molecule has 0 radical (unpaired) electrons. The molecular formula is C17H18BrClO. The van der Waals surface area contributed by atoms with Crippen LogP contribution in [0, 0.1) is 0 Å². The molecule has 106 valence electrons. The zero-order valence-electron chi connectivity index (χ0n) is 11.7. The standard InChI is InChI=1S/C17H18BrClO/c1-3-4-12-5-7-13(8-6-12)17(19)15-10-9-14(18)11-16(15)20-2/h5-11,17H,3-4H2,1-2H3. The Morgan fingerprint density at radius 1 is 1.15 bits per heavy atom. The van der Waals surface area contributed by atoms with Crippen molar-refractivity contribution < 1.29 is 4.74 Å². The number of benzene rings is 2. The molecule has 0 fully saturated rings. The minimum atomic E-state index is -0.200. The molecule has 2 rings (SSSR count). The van der Waals surface area contributed by atoms with Gasteiger partial charge in [0.25, 0.3) is 0 Å². The second-order valence-corrected chi connectivity index (χ2v) is 6.09. The van der Waals surface area contributed by atoms with Gasteiger partial charge in [0.15, 0.2) is 0 Å². The van der Waals surface area contributed by atoms with Crippen molar-refractivity contribution in [3.63, 3.8) is 0 Å². The zero-order valence-corrected chi connectivity index (χ0v) is 14.0. The third kappa shape index (κ3) is 3.56. The Bertz CT molecular complexity index is 566. The molecule has 20 heavy (non-hydrogen) atoms. The van der Waals surface area contributed by atoms with Gasteiger partial charge in [0.05, 0.1) is 12.5 Å². The summed E-state index contributed by atoms with van der Waals surface area (Å²) in [6, 6.07) is 14.4. The van der Waals surface area contributed by atoms with Crippen LogP contribution in [0.2, 0.25) is 0 Å². The van der Waals surface area contributed by atoms with Crippen LogP contribution < -0.4 is 4.74 Å². The summed E-state index contributed by atoms with van der Waals surface area (Å²) >= 11 is 10.0. The maximum Gasteiger partial charge on any atom is 0.125 e. The van der Waals surface area contributed by atoms with E-state index < -0.39 is 0 Å². The number of aryl methyl sites for hydroxylation is 1. The van der Waals surface area contributed by atoms with Crippen molar-refractivity contribution in [2.45, 2.75) is 25.1 Å². The SMILES string of the molecule is CCCc1ccc(C(Cl)c2ccc(Br)cc2OC)cc1. The average molecular weight is 354 g/mol. The highest BCUT2D eigenvalue weighted by Crippen LogP contribution is 2.36. The van der Waals surface area contributed by atoms with E-state index in [2.05, 4.69) is 47.1 Å². The topological polar surface area (TPSA) is 9.23 Å². The first-order valence-electron chi connectivity index (χ1n) is 6.72. The summed E-state index contributed by atoms with van der Waals surface area (Å²) in [4.78, 5) is 0. The number of hydrogen-bond donors (Lipinski definition) is 0. The Morgan fingerprint density at radius 3 is 2.45 bits per heavy atom. The van der Waals surface area contributed by atoms with Crippen molar-refractivity contribution in [1.82, 2.24) is 0 Å². The number of halogens is 2. The molecule has 1 nitrogen and oxygen atoms in total. The van der Waals surface area contributed by atoms with E-state index in [9.17, 15) is 0 Å². The second kappa shape index (κ2) is 7.14. The molecular weight excluding hydrogens is 336 g/mol. The monoisotopic (exact) mass is 352 g/mol. The van der Waals surface area contributed by atoms with Crippen LogP contribution in [-0.4, -0.2) is 7.11 Å². The smallest absolute Gasteiger partial charge is 0.125 e. The Balaban J connectivity index is 2.28. The van der Waals surface area contributed by atoms with E-state index in [4.69, 9.17) is 16.3 Å². The molecule has 0 heterocycles. The molecule has 0 spiro atoms. The fourth-order valence-corrected chi connectivity index (χ4v) is 2.88. The van der Waals surface area contributed by atoms with E-state index in [0.717, 1.165) is 34.2 Å². The van der Waals surface area contributed by atoms with Crippen LogP contribution >= 0.6 is 27.5 Å². The van der Waals surface area contributed by atoms with Crippen LogP contribution in [0.15, 0.2) is 46.9 Å². The van der Waals surface area contributed by atoms with Gasteiger partial charge in [-0.3, -0.25) is 0 Å². The van der Waals surface area contributed by atoms with Crippen molar-refractivity contribution in [3.8, 4) is 5.75 Å². The van der Waals surface area contributed by atoms with Gasteiger partial charge < -0.3 is 4.74 Å². The first-order chi connectivity index (χ1) is 9.65. The molecule has 2 aromatic carbocycles. The molecule has 3 heteroatoms. The molecule has 0 aromatic heterocycles. The summed E-state index contributed by atoms with van der Waals surface area (Å²) in [5.41, 5.74) is 3.43. The van der Waals surface area contributed by atoms with Crippen molar-refractivity contribution in [3.05, 3.63) is 63.6 Å². The van der Waals surface area contributed by atoms with E-state index in [1.165, 1.54) is 5.56 Å². The number of alkyl halides is 1. The van der Waals surface area contributed by atoms with Crippen molar-refractivity contribution >= 4 is 27.5 Å². The van der Waals surface area contributed by atoms with Gasteiger partial charge in [0.2, 0.25) is 0 Å². The lowest BCUT2D eigenvalue weighted by Gasteiger charge is -2.15. The Kier molecular flexibility index (Phi) is 5.50. The van der Waals surface area contributed by atoms with Gasteiger partial charge in [0.1, 0.15) is 5.75 Å². The molecule has 0 bridgehead atoms. The van der Waals surface area contributed by atoms with Gasteiger partial charge in [-0.25, -0.2) is 0 Å². The summed E-state index contributed by atoms with van der Waals surface area (Å²) in [5, 5.41) is -0.200. The molecule has 0 saturated carbocycles. The highest BCUT2D eigenvalue weighted by atomic mass is 79.9. The van der Waals surface area contributed by atoms with Crippen LogP contribution in [0.3, 0.4) is 0 Å². The minimum absolute atomic E-state index is 0.200. The summed E-state index contributed by atoms with van der Waals surface area (Å²) in [6.45, 7) is 2.19. The van der Waals surface area contributed by atoms with Gasteiger partial charge in [-0.2, -0.15) is 0 Å². The van der Waals surface area contributed by atoms with Crippen LogP contribution in [0.5, 0.6) is 5.75 Å². The lowest BCUT2D eigenvalue weighted by atomic mass is 10.0. The summed E-state index contributed by atoms with van der Waals surface area (Å²) in [5.74, 6) is 0.803. The van der Waals surface area contributed by atoms with Crippen molar-refractivity contribution in [2.24, 2.45) is 0 Å². The highest BCUT2D eigenvalue weighted by Gasteiger charge is 2.15. The van der Waals surface area contributed by atoms with E-state index in [-0.39, 0.29) is 5.38 Å². The van der Waals surface area contributed by atoms with Crippen LogP contribution in [0.4, 0.5) is 0 Å². The first kappa shape index (κ1) is 15.4. The average Bonchev–Trinajstić information content (AvgIpc) is 2.47. The fourth-order valence-electron chi connectivity index (χ4n) is 2.22. The molecule has 0 aliphatic carbocycles. The highest BCUT2D eigenvalue weighted by molar-refractivity contribution is 9.10. The summed E-state index contributed by atoms with van der Waals surface area (Å²) in [7, 11) is 1.67. The first-order valence-corrected chi connectivity index (χ1v) is 7.95. The number of methoxy groups -OCH3 is 1. The van der Waals surface area contributed by atoms with Gasteiger partial charge in [-0.1, -0.05) is 59.6 Å². The predicted octanol–water partition coefficient (Wildman–Crippen LogP) is 5.74. The maximum absolute atomic E-state index is 6.60. The second-order valence-electron chi connectivity index (χ2n) is 4.74. The zero-order chi connectivity index (χ0) is 14.5. The van der Waals surface area contributed by atoms with Crippen molar-refractivity contribution in [2.75, 3.05) is 7.11 Å². The lowest BCUT2D eigenvalue weighted by Crippen LogP contribution is -1.98. The van der Waals surface area contributed by atoms with Gasteiger partial charge in [0, 0.05) is 10.0 Å². The van der Waals surface area contributed by atoms with E-state index >= 15 is 0 Å². The number of hydrogen-bond acceptors (Lipinski definition) is 1. The maximum atomic E-state index is 6.60. The Morgan fingerprint density at radius 2 is 1.85 bits per heavy atom. The molecule has 2 aromatic rings.